The molecule has 0 spiro atoms. The fourth-order valence-corrected chi connectivity index (χ4v) is 2.97. The summed E-state index contributed by atoms with van der Waals surface area (Å²) < 4.78 is 0. The Morgan fingerprint density at radius 2 is 2.33 bits per heavy atom. The van der Waals surface area contributed by atoms with Crippen molar-refractivity contribution in [3.05, 3.63) is 12.7 Å². The van der Waals surface area contributed by atoms with Crippen LogP contribution in [-0.2, 0) is 0 Å². The van der Waals surface area contributed by atoms with E-state index in [1.165, 1.54) is 18.1 Å². The second-order valence-corrected chi connectivity index (χ2v) is 5.46. The van der Waals surface area contributed by atoms with Crippen LogP contribution in [0, 0.1) is 17.2 Å². The second kappa shape index (κ2) is 4.23. The van der Waals surface area contributed by atoms with E-state index in [0.717, 1.165) is 23.4 Å². The molecule has 1 unspecified atom stereocenters. The molecule has 1 saturated carbocycles. The first kappa shape index (κ1) is 11.4. The van der Waals surface area contributed by atoms with Crippen LogP contribution in [0.2, 0.25) is 0 Å². The van der Waals surface area contributed by atoms with Gasteiger partial charge in [0.2, 0.25) is 0 Å². The minimum absolute atomic E-state index is 0.328. The summed E-state index contributed by atoms with van der Waals surface area (Å²) in [5.74, 6) is 0.869. The number of nitrogens with zero attached hydrogens (tertiary/aromatic N) is 4. The highest BCUT2D eigenvalue weighted by Crippen LogP contribution is 2.40. The Balaban J connectivity index is 1.81. The van der Waals surface area contributed by atoms with Gasteiger partial charge in [-0.3, -0.25) is 0 Å². The van der Waals surface area contributed by atoms with Crippen LogP contribution in [0.4, 0.5) is 0 Å². The van der Waals surface area contributed by atoms with Gasteiger partial charge in [-0.2, -0.15) is 5.26 Å². The summed E-state index contributed by atoms with van der Waals surface area (Å²) in [6, 6.07) is 2.24. The lowest BCUT2D eigenvalue weighted by atomic mass is 10.00. The van der Waals surface area contributed by atoms with Crippen LogP contribution in [-0.4, -0.2) is 31.2 Å². The van der Waals surface area contributed by atoms with Crippen molar-refractivity contribution < 1.29 is 0 Å². The average molecular weight is 260 g/mol. The normalized spacial score (nSPS) is 18.4. The van der Waals surface area contributed by atoms with E-state index in [1.54, 1.807) is 6.33 Å². The molecule has 0 bridgehead atoms. The Bertz CT molecular complexity index is 613. The third kappa shape index (κ3) is 1.94. The quantitative estimate of drug-likeness (QED) is 0.629. The number of hydrogen-bond donors (Lipinski definition) is 2. The van der Waals surface area contributed by atoms with E-state index >= 15 is 0 Å². The number of imidazole rings is 1. The van der Waals surface area contributed by atoms with E-state index in [0.29, 0.717) is 17.3 Å². The predicted molar refractivity (Wildman–Crippen MR) is 67.7 cm³/mol. The molecule has 2 aromatic heterocycles. The summed E-state index contributed by atoms with van der Waals surface area (Å²) in [5.41, 5.74) is 6.81. The minimum atomic E-state index is -0.748. The van der Waals surface area contributed by atoms with Gasteiger partial charge in [0, 0.05) is 5.75 Å². The summed E-state index contributed by atoms with van der Waals surface area (Å²) in [7, 11) is 0. The molecular formula is C11H12N6S. The van der Waals surface area contributed by atoms with E-state index < -0.39 is 5.54 Å². The van der Waals surface area contributed by atoms with Crippen LogP contribution in [0.5, 0.6) is 0 Å². The molecule has 0 amide bonds. The summed E-state index contributed by atoms with van der Waals surface area (Å²) in [5, 5.41) is 10.0. The van der Waals surface area contributed by atoms with Crippen LogP contribution in [0.15, 0.2) is 17.7 Å². The summed E-state index contributed by atoms with van der Waals surface area (Å²) in [6.45, 7) is 0. The maximum atomic E-state index is 9.21. The Morgan fingerprint density at radius 3 is 3.06 bits per heavy atom. The van der Waals surface area contributed by atoms with E-state index in [2.05, 4.69) is 26.0 Å². The zero-order chi connectivity index (χ0) is 12.6. The maximum absolute atomic E-state index is 9.21. The van der Waals surface area contributed by atoms with Gasteiger partial charge in [0.15, 0.2) is 5.65 Å². The number of aromatic nitrogens is 4. The van der Waals surface area contributed by atoms with Crippen molar-refractivity contribution in [3.63, 3.8) is 0 Å². The highest BCUT2D eigenvalue weighted by atomic mass is 32.2. The van der Waals surface area contributed by atoms with Gasteiger partial charge in [0.05, 0.1) is 12.4 Å². The lowest BCUT2D eigenvalue weighted by molar-refractivity contribution is 0.532. The van der Waals surface area contributed by atoms with Gasteiger partial charge < -0.3 is 10.7 Å². The van der Waals surface area contributed by atoms with Gasteiger partial charge in [-0.05, 0) is 18.8 Å². The summed E-state index contributed by atoms with van der Waals surface area (Å²) in [4.78, 5) is 15.3. The second-order valence-electron chi connectivity index (χ2n) is 4.50. The highest BCUT2D eigenvalue weighted by Gasteiger charge is 2.42. The molecule has 92 valence electrons. The molecule has 1 fully saturated rings. The summed E-state index contributed by atoms with van der Waals surface area (Å²) >= 11 is 1.48. The molecule has 0 saturated heterocycles. The molecule has 18 heavy (non-hydrogen) atoms. The van der Waals surface area contributed by atoms with Crippen molar-refractivity contribution in [3.8, 4) is 6.07 Å². The molecule has 0 aromatic carbocycles. The highest BCUT2D eigenvalue weighted by molar-refractivity contribution is 7.99. The van der Waals surface area contributed by atoms with Gasteiger partial charge in [0.1, 0.15) is 22.4 Å². The predicted octanol–water partition coefficient (Wildman–Crippen LogP) is 1.08. The van der Waals surface area contributed by atoms with E-state index in [9.17, 15) is 5.26 Å². The largest absolute Gasteiger partial charge is 0.341 e. The zero-order valence-corrected chi connectivity index (χ0v) is 10.4. The number of thioether (sulfide) groups is 1. The maximum Gasteiger partial charge on any atom is 0.181 e. The van der Waals surface area contributed by atoms with Gasteiger partial charge in [-0.1, -0.05) is 0 Å². The fourth-order valence-electron chi connectivity index (χ4n) is 1.88. The average Bonchev–Trinajstić information content (AvgIpc) is 3.14. The minimum Gasteiger partial charge on any atom is -0.341 e. The number of aromatic amines is 1. The van der Waals surface area contributed by atoms with Crippen LogP contribution in [0.25, 0.3) is 11.2 Å². The van der Waals surface area contributed by atoms with E-state index in [4.69, 9.17) is 5.73 Å². The Hall–Kier alpha value is -1.65. The first-order chi connectivity index (χ1) is 8.73. The SMILES string of the molecule is N#CC(N)(CSc1ncnc2nc[nH]c12)C1CC1. The molecule has 6 nitrogen and oxygen atoms in total. The van der Waals surface area contributed by atoms with Crippen LogP contribution < -0.4 is 5.73 Å². The van der Waals surface area contributed by atoms with Gasteiger partial charge in [-0.15, -0.1) is 11.8 Å². The van der Waals surface area contributed by atoms with Crippen molar-refractivity contribution in [1.29, 1.82) is 5.26 Å². The van der Waals surface area contributed by atoms with Gasteiger partial charge >= 0.3 is 0 Å². The first-order valence-electron chi connectivity index (χ1n) is 5.70. The number of nitrogens with two attached hydrogens (primary N) is 1. The summed E-state index contributed by atoms with van der Waals surface area (Å²) in [6.07, 6.45) is 5.17. The number of fused-ring (bicyclic) bond motifs is 1. The monoisotopic (exact) mass is 260 g/mol. The fraction of sp³-hybridized carbons (Fsp3) is 0.455. The molecule has 7 heteroatoms. The molecule has 2 aromatic rings. The lowest BCUT2D eigenvalue weighted by Gasteiger charge is -2.19. The van der Waals surface area contributed by atoms with Crippen LogP contribution in [0.3, 0.4) is 0 Å². The molecule has 3 rings (SSSR count). The lowest BCUT2D eigenvalue weighted by Crippen LogP contribution is -2.43. The Morgan fingerprint density at radius 1 is 1.50 bits per heavy atom. The third-order valence-corrected chi connectivity index (χ3v) is 4.35. The number of H-pyrrole nitrogens is 1. The Labute approximate surface area is 108 Å². The third-order valence-electron chi connectivity index (χ3n) is 3.15. The molecule has 2 heterocycles. The van der Waals surface area contributed by atoms with Crippen molar-refractivity contribution in [2.45, 2.75) is 23.4 Å². The number of hydrogen-bond acceptors (Lipinski definition) is 6. The van der Waals surface area contributed by atoms with E-state index in [1.807, 2.05) is 0 Å². The van der Waals surface area contributed by atoms with Crippen LogP contribution >= 0.6 is 11.8 Å². The van der Waals surface area contributed by atoms with Gasteiger partial charge in [-0.25, -0.2) is 15.0 Å². The van der Waals surface area contributed by atoms with Crippen molar-refractivity contribution in [2.24, 2.45) is 11.7 Å². The number of nitriles is 1. The molecule has 1 aliphatic carbocycles. The van der Waals surface area contributed by atoms with Gasteiger partial charge in [0.25, 0.3) is 0 Å². The molecule has 1 aliphatic rings. The zero-order valence-electron chi connectivity index (χ0n) is 9.63. The number of nitrogens with one attached hydrogen (secondary N) is 1. The molecule has 0 radical (unpaired) electrons. The number of rotatable bonds is 4. The Kier molecular flexibility index (Phi) is 2.69. The van der Waals surface area contributed by atoms with Crippen molar-refractivity contribution in [1.82, 2.24) is 19.9 Å². The molecule has 3 N–H and O–H groups in total. The first-order valence-corrected chi connectivity index (χ1v) is 6.68. The van der Waals surface area contributed by atoms with Crippen molar-refractivity contribution >= 4 is 22.9 Å². The van der Waals surface area contributed by atoms with Crippen LogP contribution in [0.1, 0.15) is 12.8 Å². The molecular weight excluding hydrogens is 248 g/mol. The van der Waals surface area contributed by atoms with Crippen molar-refractivity contribution in [2.75, 3.05) is 5.75 Å². The smallest absolute Gasteiger partial charge is 0.181 e. The molecule has 1 atom stereocenters. The standard InChI is InChI=1S/C11H12N6S/c12-3-11(13,7-1-2-7)4-18-10-8-9(15-5-14-8)16-6-17-10/h5-7H,1-2,4,13H2,(H,14,15,16,17). The van der Waals surface area contributed by atoms with E-state index in [-0.39, 0.29) is 0 Å². The molecule has 0 aliphatic heterocycles. The topological polar surface area (TPSA) is 104 Å².